The summed E-state index contributed by atoms with van der Waals surface area (Å²) in [5.74, 6) is 0.617. The van der Waals surface area contributed by atoms with Gasteiger partial charge in [0.25, 0.3) is 0 Å². The number of aryl methyl sites for hydroxylation is 1. The normalized spacial score (nSPS) is 12.4. The summed E-state index contributed by atoms with van der Waals surface area (Å²) in [7, 11) is -0.0974. The number of nitrogens with one attached hydrogen (secondary N) is 2. The number of aromatic nitrogens is 2. The molecule has 22 heavy (non-hydrogen) atoms. The van der Waals surface area contributed by atoms with Crippen LogP contribution in [0.5, 0.6) is 0 Å². The molecular formula is C12H18N6O2S2. The van der Waals surface area contributed by atoms with Crippen molar-refractivity contribution in [2.45, 2.75) is 17.3 Å². The molecule has 0 unspecified atom stereocenters. The van der Waals surface area contributed by atoms with Crippen LogP contribution in [0, 0.1) is 0 Å². The van der Waals surface area contributed by atoms with Gasteiger partial charge in [-0.05, 0) is 18.2 Å². The van der Waals surface area contributed by atoms with Crippen molar-refractivity contribution >= 4 is 27.3 Å². The zero-order valence-corrected chi connectivity index (χ0v) is 13.9. The molecule has 0 fully saturated rings. The Kier molecular flexibility index (Phi) is 5.16. The summed E-state index contributed by atoms with van der Waals surface area (Å²) in [6, 6.07) is 5.15. The Labute approximate surface area is 133 Å². The Hall–Kier alpha value is -1.91. The third kappa shape index (κ3) is 4.29. The Balaban J connectivity index is 1.89. The van der Waals surface area contributed by atoms with E-state index >= 15 is 0 Å². The van der Waals surface area contributed by atoms with E-state index in [-0.39, 0.29) is 4.21 Å². The number of aliphatic imine (C=N–C) groups is 1. The minimum absolute atomic E-state index is 0.155. The maximum absolute atomic E-state index is 11.2. The van der Waals surface area contributed by atoms with Crippen LogP contribution in [0.1, 0.15) is 10.6 Å². The van der Waals surface area contributed by atoms with E-state index in [2.05, 4.69) is 20.7 Å². The molecule has 0 aliphatic rings. The minimum atomic E-state index is -3.64. The van der Waals surface area contributed by atoms with E-state index in [1.54, 1.807) is 24.0 Å². The molecule has 2 aromatic heterocycles. The summed E-state index contributed by atoms with van der Waals surface area (Å²) < 4.78 is 24.4. The molecule has 0 radical (unpaired) electrons. The van der Waals surface area contributed by atoms with Gasteiger partial charge in [-0.1, -0.05) is 0 Å². The van der Waals surface area contributed by atoms with E-state index in [1.165, 1.54) is 6.07 Å². The highest BCUT2D eigenvalue weighted by atomic mass is 32.2. The number of nitrogens with two attached hydrogens (primary N) is 1. The monoisotopic (exact) mass is 342 g/mol. The molecule has 0 aromatic carbocycles. The summed E-state index contributed by atoms with van der Waals surface area (Å²) >= 11 is 1.14. The maximum atomic E-state index is 11.2. The van der Waals surface area contributed by atoms with Crippen LogP contribution in [0.3, 0.4) is 0 Å². The molecule has 2 heterocycles. The smallest absolute Gasteiger partial charge is 0.247 e. The molecule has 0 saturated heterocycles. The van der Waals surface area contributed by atoms with Gasteiger partial charge in [-0.25, -0.2) is 13.6 Å². The van der Waals surface area contributed by atoms with E-state index in [0.717, 1.165) is 21.9 Å². The van der Waals surface area contributed by atoms with E-state index in [4.69, 9.17) is 5.14 Å². The molecule has 0 bridgehead atoms. The first-order valence-electron chi connectivity index (χ1n) is 6.43. The molecule has 0 aliphatic heterocycles. The Morgan fingerprint density at radius 2 is 2.09 bits per heavy atom. The zero-order valence-electron chi connectivity index (χ0n) is 12.3. The number of primary sulfonamides is 1. The third-order valence-corrected chi connectivity index (χ3v) is 5.45. The van der Waals surface area contributed by atoms with Gasteiger partial charge in [0.15, 0.2) is 5.96 Å². The Morgan fingerprint density at radius 1 is 1.36 bits per heavy atom. The molecule has 0 aliphatic carbocycles. The van der Waals surface area contributed by atoms with Crippen molar-refractivity contribution in [2.75, 3.05) is 7.05 Å². The number of rotatable bonds is 5. The second-order valence-corrected chi connectivity index (χ2v) is 7.45. The zero-order chi connectivity index (χ0) is 16.2. The van der Waals surface area contributed by atoms with Crippen molar-refractivity contribution in [2.24, 2.45) is 17.2 Å². The van der Waals surface area contributed by atoms with Gasteiger partial charge in [0.05, 0.1) is 18.8 Å². The summed E-state index contributed by atoms with van der Waals surface area (Å²) in [5, 5.41) is 15.5. The van der Waals surface area contributed by atoms with Crippen LogP contribution >= 0.6 is 11.3 Å². The second kappa shape index (κ2) is 6.90. The van der Waals surface area contributed by atoms with Crippen LogP contribution in [-0.4, -0.2) is 31.2 Å². The fourth-order valence-corrected chi connectivity index (χ4v) is 3.46. The highest BCUT2D eigenvalue weighted by Crippen LogP contribution is 2.19. The predicted octanol–water partition coefficient (Wildman–Crippen LogP) is -0.00580. The van der Waals surface area contributed by atoms with Gasteiger partial charge in [0.2, 0.25) is 10.0 Å². The number of nitrogens with zero attached hydrogens (tertiary/aromatic N) is 3. The molecule has 0 saturated carbocycles. The standard InChI is InChI=1S/C12H18N6O2S2/c1-14-12(15-7-9-5-6-17-18(9)2)16-8-10-3-4-11(21-10)22(13,19)20/h3-6H,7-8H2,1-2H3,(H2,13,19,20)(H2,14,15,16). The number of hydrogen-bond acceptors (Lipinski definition) is 5. The molecule has 2 aromatic rings. The lowest BCUT2D eigenvalue weighted by Crippen LogP contribution is -2.36. The van der Waals surface area contributed by atoms with Gasteiger partial charge in [0, 0.05) is 25.2 Å². The van der Waals surface area contributed by atoms with E-state index in [0.29, 0.717) is 19.0 Å². The van der Waals surface area contributed by atoms with Gasteiger partial charge in [0.1, 0.15) is 4.21 Å². The maximum Gasteiger partial charge on any atom is 0.247 e. The minimum Gasteiger partial charge on any atom is -0.352 e. The van der Waals surface area contributed by atoms with Crippen molar-refractivity contribution in [3.8, 4) is 0 Å². The Bertz CT molecular complexity index is 762. The van der Waals surface area contributed by atoms with Crippen LogP contribution in [0.15, 0.2) is 33.6 Å². The van der Waals surface area contributed by atoms with E-state index in [1.807, 2.05) is 13.1 Å². The van der Waals surface area contributed by atoms with Gasteiger partial charge < -0.3 is 10.6 Å². The lowest BCUT2D eigenvalue weighted by Gasteiger charge is -2.11. The number of guanidine groups is 1. The van der Waals surface area contributed by atoms with Gasteiger partial charge in [-0.15, -0.1) is 11.3 Å². The van der Waals surface area contributed by atoms with Crippen LogP contribution in [0.2, 0.25) is 0 Å². The van der Waals surface area contributed by atoms with Crippen molar-refractivity contribution in [1.82, 2.24) is 20.4 Å². The summed E-state index contributed by atoms with van der Waals surface area (Å²) in [4.78, 5) is 4.97. The van der Waals surface area contributed by atoms with E-state index in [9.17, 15) is 8.42 Å². The topological polar surface area (TPSA) is 114 Å². The summed E-state index contributed by atoms with van der Waals surface area (Å²) in [6.45, 7) is 1.05. The fourth-order valence-electron chi connectivity index (χ4n) is 1.75. The molecule has 120 valence electrons. The van der Waals surface area contributed by atoms with E-state index < -0.39 is 10.0 Å². The van der Waals surface area contributed by atoms with Crippen LogP contribution in [0.4, 0.5) is 0 Å². The molecule has 2 rings (SSSR count). The molecule has 0 spiro atoms. The first kappa shape index (κ1) is 16.5. The molecule has 0 amide bonds. The number of sulfonamides is 1. The average molecular weight is 342 g/mol. The molecule has 4 N–H and O–H groups in total. The summed E-state index contributed by atoms with van der Waals surface area (Å²) in [6.07, 6.45) is 1.73. The van der Waals surface area contributed by atoms with Crippen LogP contribution < -0.4 is 15.8 Å². The summed E-state index contributed by atoms with van der Waals surface area (Å²) in [5.41, 5.74) is 1.02. The van der Waals surface area contributed by atoms with Crippen molar-refractivity contribution < 1.29 is 8.42 Å². The fraction of sp³-hybridized carbons (Fsp3) is 0.333. The second-order valence-electron chi connectivity index (χ2n) is 4.49. The van der Waals surface area contributed by atoms with Crippen molar-refractivity contribution in [3.63, 3.8) is 0 Å². The largest absolute Gasteiger partial charge is 0.352 e. The molecule has 0 atom stereocenters. The first-order valence-corrected chi connectivity index (χ1v) is 8.79. The molecular weight excluding hydrogens is 324 g/mol. The Morgan fingerprint density at radius 3 is 2.64 bits per heavy atom. The van der Waals surface area contributed by atoms with Gasteiger partial charge >= 0.3 is 0 Å². The van der Waals surface area contributed by atoms with Gasteiger partial charge in [-0.2, -0.15) is 5.10 Å². The lowest BCUT2D eigenvalue weighted by molar-refractivity contribution is 0.600. The molecule has 8 nitrogen and oxygen atoms in total. The average Bonchev–Trinajstić information content (AvgIpc) is 3.08. The lowest BCUT2D eigenvalue weighted by atomic mass is 10.4. The molecule has 10 heteroatoms. The third-order valence-electron chi connectivity index (χ3n) is 2.93. The predicted molar refractivity (Wildman–Crippen MR) is 85.9 cm³/mol. The number of hydrogen-bond donors (Lipinski definition) is 3. The van der Waals surface area contributed by atoms with Crippen molar-refractivity contribution in [1.29, 1.82) is 0 Å². The van der Waals surface area contributed by atoms with Gasteiger partial charge in [-0.3, -0.25) is 9.67 Å². The first-order chi connectivity index (χ1) is 10.4. The quantitative estimate of drug-likeness (QED) is 0.522. The number of thiophene rings is 1. The van der Waals surface area contributed by atoms with Crippen LogP contribution in [-0.2, 0) is 30.2 Å². The van der Waals surface area contributed by atoms with Crippen molar-refractivity contribution in [3.05, 3.63) is 35.0 Å². The highest BCUT2D eigenvalue weighted by Gasteiger charge is 2.11. The SMILES string of the molecule is CN=C(NCc1ccc(S(N)(=O)=O)s1)NCc1ccnn1C. The highest BCUT2D eigenvalue weighted by molar-refractivity contribution is 7.91. The van der Waals surface area contributed by atoms with Crippen LogP contribution in [0.25, 0.3) is 0 Å².